The van der Waals surface area contributed by atoms with E-state index in [1.807, 2.05) is 0 Å². The Hall–Kier alpha value is -2.60. The molecule has 2 N–H and O–H groups in total. The van der Waals surface area contributed by atoms with Crippen molar-refractivity contribution in [3.05, 3.63) is 58.9 Å². The van der Waals surface area contributed by atoms with Gasteiger partial charge in [0.25, 0.3) is 0 Å². The van der Waals surface area contributed by atoms with E-state index >= 15 is 0 Å². The molecule has 0 saturated carbocycles. The van der Waals surface area contributed by atoms with Crippen LogP contribution in [0.2, 0.25) is 5.02 Å². The lowest BCUT2D eigenvalue weighted by Gasteiger charge is -2.09. The van der Waals surface area contributed by atoms with Crippen molar-refractivity contribution in [3.63, 3.8) is 0 Å². The van der Waals surface area contributed by atoms with Crippen LogP contribution in [0.4, 0.5) is 10.1 Å². The molecule has 2 amide bonds. The van der Waals surface area contributed by atoms with Crippen molar-refractivity contribution in [3.8, 4) is 5.75 Å². The van der Waals surface area contributed by atoms with Crippen molar-refractivity contribution in [2.24, 2.45) is 0 Å². The molecule has 2 rings (SSSR count). The summed E-state index contributed by atoms with van der Waals surface area (Å²) in [5.74, 6) is -0.820. The fraction of sp³-hybridized carbons (Fsp3) is 0.176. The molecule has 126 valence electrons. The van der Waals surface area contributed by atoms with Gasteiger partial charge >= 0.3 is 0 Å². The minimum Gasteiger partial charge on any atom is -0.495 e. The summed E-state index contributed by atoms with van der Waals surface area (Å²) < 4.78 is 18.5. The molecule has 0 aromatic heterocycles. The number of halogens is 2. The van der Waals surface area contributed by atoms with Gasteiger partial charge in [-0.2, -0.15) is 0 Å². The third-order valence-electron chi connectivity index (χ3n) is 3.19. The van der Waals surface area contributed by atoms with Crippen molar-refractivity contribution in [1.29, 1.82) is 0 Å². The van der Waals surface area contributed by atoms with Crippen LogP contribution in [-0.2, 0) is 16.0 Å². The Morgan fingerprint density at radius 2 is 1.92 bits per heavy atom. The Morgan fingerprint density at radius 1 is 1.17 bits per heavy atom. The number of benzene rings is 2. The lowest BCUT2D eigenvalue weighted by atomic mass is 10.1. The van der Waals surface area contributed by atoms with E-state index in [0.717, 1.165) is 0 Å². The molecular weight excluding hydrogens is 335 g/mol. The molecule has 0 fully saturated rings. The maximum absolute atomic E-state index is 13.5. The number of ether oxygens (including phenoxy) is 1. The average Bonchev–Trinajstić information content (AvgIpc) is 2.55. The van der Waals surface area contributed by atoms with E-state index in [9.17, 15) is 14.0 Å². The van der Waals surface area contributed by atoms with Gasteiger partial charge in [0, 0.05) is 5.69 Å². The van der Waals surface area contributed by atoms with Crippen LogP contribution in [0.1, 0.15) is 5.56 Å². The molecule has 7 heteroatoms. The summed E-state index contributed by atoms with van der Waals surface area (Å²) >= 11 is 5.96. The zero-order valence-electron chi connectivity index (χ0n) is 12.9. The summed E-state index contributed by atoms with van der Waals surface area (Å²) in [5.41, 5.74) is 0.756. The van der Waals surface area contributed by atoms with Gasteiger partial charge in [0.05, 0.1) is 25.1 Å². The molecule has 0 saturated heterocycles. The number of amides is 2. The largest absolute Gasteiger partial charge is 0.495 e. The number of anilines is 1. The van der Waals surface area contributed by atoms with Crippen molar-refractivity contribution >= 4 is 29.1 Å². The zero-order chi connectivity index (χ0) is 17.5. The fourth-order valence-corrected chi connectivity index (χ4v) is 2.26. The minimum absolute atomic E-state index is 0.131. The van der Waals surface area contributed by atoms with Gasteiger partial charge < -0.3 is 15.4 Å². The van der Waals surface area contributed by atoms with Crippen LogP contribution in [-0.4, -0.2) is 25.5 Å². The minimum atomic E-state index is -0.454. The summed E-state index contributed by atoms with van der Waals surface area (Å²) in [4.78, 5) is 23.6. The lowest BCUT2D eigenvalue weighted by molar-refractivity contribution is -0.123. The molecule has 0 heterocycles. The molecule has 0 aliphatic heterocycles. The van der Waals surface area contributed by atoms with Crippen molar-refractivity contribution in [1.82, 2.24) is 5.32 Å². The smallest absolute Gasteiger partial charge is 0.243 e. The molecule has 0 bridgehead atoms. The number of nitrogens with one attached hydrogen (secondary N) is 2. The maximum atomic E-state index is 13.5. The SMILES string of the molecule is COc1ccc(NC(=O)CNC(=O)Cc2ccccc2F)cc1Cl. The van der Waals surface area contributed by atoms with Gasteiger partial charge in [-0.15, -0.1) is 0 Å². The molecule has 5 nitrogen and oxygen atoms in total. The third kappa shape index (κ3) is 4.96. The first kappa shape index (κ1) is 17.7. The molecular formula is C17H16ClFN2O3. The van der Waals surface area contributed by atoms with E-state index in [4.69, 9.17) is 16.3 Å². The molecule has 0 spiro atoms. The van der Waals surface area contributed by atoms with E-state index in [-0.39, 0.29) is 18.5 Å². The van der Waals surface area contributed by atoms with Crippen LogP contribution in [0.5, 0.6) is 5.75 Å². The van der Waals surface area contributed by atoms with Crippen LogP contribution < -0.4 is 15.4 Å². The van der Waals surface area contributed by atoms with Crippen LogP contribution in [0.15, 0.2) is 42.5 Å². The summed E-state index contributed by atoms with van der Waals surface area (Å²) in [7, 11) is 1.49. The molecule has 0 radical (unpaired) electrons. The van der Waals surface area contributed by atoms with E-state index in [2.05, 4.69) is 10.6 Å². The highest BCUT2D eigenvalue weighted by molar-refractivity contribution is 6.32. The molecule has 0 aliphatic carbocycles. The highest BCUT2D eigenvalue weighted by Crippen LogP contribution is 2.27. The third-order valence-corrected chi connectivity index (χ3v) is 3.49. The molecule has 0 unspecified atom stereocenters. The Morgan fingerprint density at radius 3 is 2.58 bits per heavy atom. The monoisotopic (exact) mass is 350 g/mol. The predicted octanol–water partition coefficient (Wildman–Crippen LogP) is 2.79. The number of hydrogen-bond acceptors (Lipinski definition) is 3. The summed E-state index contributed by atoms with van der Waals surface area (Å²) in [6.07, 6.45) is -0.131. The second-order valence-corrected chi connectivity index (χ2v) is 5.35. The average molecular weight is 351 g/mol. The van der Waals surface area contributed by atoms with Gasteiger partial charge in [0.1, 0.15) is 11.6 Å². The molecule has 2 aromatic carbocycles. The van der Waals surface area contributed by atoms with Crippen LogP contribution in [0.3, 0.4) is 0 Å². The summed E-state index contributed by atoms with van der Waals surface area (Å²) in [6.45, 7) is -0.225. The van der Waals surface area contributed by atoms with Gasteiger partial charge in [-0.25, -0.2) is 4.39 Å². The standard InChI is InChI=1S/C17H16ClFN2O3/c1-24-15-7-6-12(9-13(15)18)21-17(23)10-20-16(22)8-11-4-2-3-5-14(11)19/h2-7,9H,8,10H2,1H3,(H,20,22)(H,21,23). The highest BCUT2D eigenvalue weighted by Gasteiger charge is 2.10. The number of carbonyl (C=O) groups excluding carboxylic acids is 2. The molecule has 0 atom stereocenters. The van der Waals surface area contributed by atoms with Crippen LogP contribution in [0, 0.1) is 5.82 Å². The number of rotatable bonds is 6. The van der Waals surface area contributed by atoms with Crippen LogP contribution >= 0.6 is 11.6 Å². The van der Waals surface area contributed by atoms with E-state index in [0.29, 0.717) is 16.5 Å². The van der Waals surface area contributed by atoms with E-state index < -0.39 is 17.6 Å². The van der Waals surface area contributed by atoms with Gasteiger partial charge in [-0.3, -0.25) is 9.59 Å². The molecule has 2 aromatic rings. The molecule has 0 aliphatic rings. The number of carbonyl (C=O) groups is 2. The lowest BCUT2D eigenvalue weighted by Crippen LogP contribution is -2.33. The Labute approximate surface area is 143 Å². The maximum Gasteiger partial charge on any atom is 0.243 e. The van der Waals surface area contributed by atoms with Crippen molar-refractivity contribution < 1.29 is 18.7 Å². The van der Waals surface area contributed by atoms with Crippen molar-refractivity contribution in [2.75, 3.05) is 19.0 Å². The first-order chi connectivity index (χ1) is 11.5. The van der Waals surface area contributed by atoms with Gasteiger partial charge in [-0.05, 0) is 29.8 Å². The van der Waals surface area contributed by atoms with Gasteiger partial charge in [-0.1, -0.05) is 29.8 Å². The fourth-order valence-electron chi connectivity index (χ4n) is 2.01. The summed E-state index contributed by atoms with van der Waals surface area (Å²) in [5, 5.41) is 5.40. The predicted molar refractivity (Wildman–Crippen MR) is 89.7 cm³/mol. The Balaban J connectivity index is 1.83. The first-order valence-electron chi connectivity index (χ1n) is 7.13. The zero-order valence-corrected chi connectivity index (χ0v) is 13.7. The quantitative estimate of drug-likeness (QED) is 0.841. The molecule has 24 heavy (non-hydrogen) atoms. The first-order valence-corrected chi connectivity index (χ1v) is 7.51. The van der Waals surface area contributed by atoms with E-state index in [1.54, 1.807) is 30.3 Å². The topological polar surface area (TPSA) is 67.4 Å². The van der Waals surface area contributed by atoms with Gasteiger partial charge in [0.15, 0.2) is 0 Å². The Bertz CT molecular complexity index is 752. The second-order valence-electron chi connectivity index (χ2n) is 4.94. The number of methoxy groups -OCH3 is 1. The highest BCUT2D eigenvalue weighted by atomic mass is 35.5. The van der Waals surface area contributed by atoms with E-state index in [1.165, 1.54) is 19.2 Å². The van der Waals surface area contributed by atoms with Crippen LogP contribution in [0.25, 0.3) is 0 Å². The number of hydrogen-bond donors (Lipinski definition) is 2. The normalized spacial score (nSPS) is 10.1. The summed E-state index contributed by atoms with van der Waals surface area (Å²) in [6, 6.07) is 10.8. The van der Waals surface area contributed by atoms with Gasteiger partial charge in [0.2, 0.25) is 11.8 Å². The van der Waals surface area contributed by atoms with Crippen molar-refractivity contribution in [2.45, 2.75) is 6.42 Å². The Kier molecular flexibility index (Phi) is 6.14. The second kappa shape index (κ2) is 8.31.